The molecule has 0 aliphatic rings. The molecule has 0 saturated heterocycles. The molecule has 0 aromatic carbocycles. The van der Waals surface area contributed by atoms with Crippen LogP contribution in [0.5, 0.6) is 0 Å². The van der Waals surface area contributed by atoms with Crippen molar-refractivity contribution in [1.82, 2.24) is 9.78 Å². The highest BCUT2D eigenvalue weighted by Crippen LogP contribution is 2.07. The second-order valence-corrected chi connectivity index (χ2v) is 3.32. The van der Waals surface area contributed by atoms with Crippen LogP contribution in [0, 0.1) is 10.1 Å². The molecule has 0 aliphatic carbocycles. The van der Waals surface area contributed by atoms with E-state index in [9.17, 15) is 20.0 Å². The van der Waals surface area contributed by atoms with Crippen molar-refractivity contribution in [2.45, 2.75) is 26.0 Å². The van der Waals surface area contributed by atoms with E-state index in [4.69, 9.17) is 0 Å². The van der Waals surface area contributed by atoms with E-state index in [-0.39, 0.29) is 25.4 Å². The zero-order chi connectivity index (χ0) is 12.8. The van der Waals surface area contributed by atoms with E-state index in [0.29, 0.717) is 0 Å². The van der Waals surface area contributed by atoms with E-state index < -0.39 is 17.0 Å². The largest absolute Gasteiger partial charge is 0.466 e. The Morgan fingerprint density at radius 2 is 2.47 bits per heavy atom. The van der Waals surface area contributed by atoms with Crippen LogP contribution in [0.15, 0.2) is 12.3 Å². The van der Waals surface area contributed by atoms with Gasteiger partial charge in [0.15, 0.2) is 0 Å². The van der Waals surface area contributed by atoms with Crippen LogP contribution in [0.2, 0.25) is 0 Å². The van der Waals surface area contributed by atoms with Crippen LogP contribution in [0.25, 0.3) is 0 Å². The summed E-state index contributed by atoms with van der Waals surface area (Å²) in [5.41, 5.74) is 0. The first-order valence-electron chi connectivity index (χ1n) is 5.04. The molecule has 8 nitrogen and oxygen atoms in total. The fraction of sp³-hybridized carbons (Fsp3) is 0.556. The van der Waals surface area contributed by atoms with Gasteiger partial charge in [-0.3, -0.25) is 4.79 Å². The highest BCUT2D eigenvalue weighted by molar-refractivity contribution is 5.69. The fourth-order valence-corrected chi connectivity index (χ4v) is 1.24. The molecule has 1 heterocycles. The first kappa shape index (κ1) is 13.1. The maximum Gasteiger partial charge on any atom is 0.389 e. The average Bonchev–Trinajstić information content (AvgIpc) is 2.66. The Hall–Kier alpha value is -1.96. The Morgan fingerprint density at radius 1 is 1.76 bits per heavy atom. The summed E-state index contributed by atoms with van der Waals surface area (Å²) in [6, 6.07) is 1.22. The lowest BCUT2D eigenvalue weighted by Gasteiger charge is -2.07. The van der Waals surface area contributed by atoms with E-state index in [1.165, 1.54) is 16.9 Å². The molecular formula is C9H13N3O5. The lowest BCUT2D eigenvalue weighted by molar-refractivity contribution is -0.389. The lowest BCUT2D eigenvalue weighted by atomic mass is 10.2. The predicted octanol–water partition coefficient (Wildman–Crippen LogP) is 0.105. The minimum Gasteiger partial charge on any atom is -0.466 e. The Balaban J connectivity index is 2.47. The third kappa shape index (κ3) is 4.19. The molecule has 0 amide bonds. The summed E-state index contributed by atoms with van der Waals surface area (Å²) in [6.07, 6.45) is 0.224. The number of aliphatic hydroxyl groups excluding tert-OH is 1. The summed E-state index contributed by atoms with van der Waals surface area (Å²) in [5, 5.41) is 23.5. The van der Waals surface area contributed by atoms with Gasteiger partial charge in [0.1, 0.15) is 0 Å². The van der Waals surface area contributed by atoms with Crippen molar-refractivity contribution in [3.8, 4) is 0 Å². The molecule has 17 heavy (non-hydrogen) atoms. The van der Waals surface area contributed by atoms with Crippen LogP contribution >= 0.6 is 0 Å². The van der Waals surface area contributed by atoms with Crippen molar-refractivity contribution >= 4 is 11.8 Å². The predicted molar refractivity (Wildman–Crippen MR) is 56.1 cm³/mol. The van der Waals surface area contributed by atoms with E-state index >= 15 is 0 Å². The number of hydrogen-bond donors (Lipinski definition) is 1. The molecule has 0 saturated carbocycles. The van der Waals surface area contributed by atoms with Gasteiger partial charge in [-0.15, -0.1) is 0 Å². The van der Waals surface area contributed by atoms with Crippen molar-refractivity contribution in [2.24, 2.45) is 0 Å². The summed E-state index contributed by atoms with van der Waals surface area (Å²) in [4.78, 5) is 20.8. The standard InChI is InChI=1S/C9H13N3O5/c1-2-17-9(14)5-7(13)6-11-4-3-8(10-11)12(15)16/h3-4,7,13H,2,5-6H2,1H3. The van der Waals surface area contributed by atoms with Gasteiger partial charge in [-0.25, -0.2) is 0 Å². The maximum absolute atomic E-state index is 11.0. The minimum absolute atomic E-state index is 0.00660. The molecule has 0 bridgehead atoms. The van der Waals surface area contributed by atoms with Gasteiger partial charge in [0.25, 0.3) is 0 Å². The molecule has 1 atom stereocenters. The minimum atomic E-state index is -0.978. The van der Waals surface area contributed by atoms with Gasteiger partial charge < -0.3 is 20.0 Å². The molecule has 1 aromatic heterocycles. The van der Waals surface area contributed by atoms with Gasteiger partial charge in [0.05, 0.1) is 43.0 Å². The second kappa shape index (κ2) is 5.94. The van der Waals surface area contributed by atoms with Gasteiger partial charge in [-0.05, 0) is 11.8 Å². The van der Waals surface area contributed by atoms with Crippen LogP contribution in [0.3, 0.4) is 0 Å². The van der Waals surface area contributed by atoms with Gasteiger partial charge >= 0.3 is 11.8 Å². The average molecular weight is 243 g/mol. The van der Waals surface area contributed by atoms with Crippen LogP contribution in [0.1, 0.15) is 13.3 Å². The van der Waals surface area contributed by atoms with Crippen LogP contribution in [0.4, 0.5) is 5.82 Å². The van der Waals surface area contributed by atoms with E-state index in [1.54, 1.807) is 6.92 Å². The monoisotopic (exact) mass is 243 g/mol. The molecule has 0 fully saturated rings. The zero-order valence-electron chi connectivity index (χ0n) is 9.28. The molecule has 1 unspecified atom stereocenters. The topological polar surface area (TPSA) is 107 Å². The van der Waals surface area contributed by atoms with Crippen LogP contribution in [-0.4, -0.2) is 38.5 Å². The quantitative estimate of drug-likeness (QED) is 0.431. The normalized spacial score (nSPS) is 12.1. The first-order chi connectivity index (χ1) is 8.02. The highest BCUT2D eigenvalue weighted by atomic mass is 16.6. The molecule has 0 aliphatic heterocycles. The number of nitro groups is 1. The number of carbonyl (C=O) groups is 1. The van der Waals surface area contributed by atoms with Crippen molar-refractivity contribution in [1.29, 1.82) is 0 Å². The Labute approximate surface area is 97.0 Å². The van der Waals surface area contributed by atoms with Gasteiger partial charge in [-0.1, -0.05) is 0 Å². The summed E-state index contributed by atoms with van der Waals surface area (Å²) < 4.78 is 5.87. The van der Waals surface area contributed by atoms with Crippen molar-refractivity contribution < 1.29 is 19.6 Å². The first-order valence-corrected chi connectivity index (χ1v) is 5.04. The third-order valence-electron chi connectivity index (χ3n) is 1.92. The van der Waals surface area contributed by atoms with E-state index in [2.05, 4.69) is 9.84 Å². The van der Waals surface area contributed by atoms with Gasteiger partial charge in [0.2, 0.25) is 0 Å². The van der Waals surface area contributed by atoms with Crippen molar-refractivity contribution in [3.63, 3.8) is 0 Å². The molecule has 8 heteroatoms. The van der Waals surface area contributed by atoms with Crippen molar-refractivity contribution in [2.75, 3.05) is 6.61 Å². The number of ether oxygens (including phenoxy) is 1. The third-order valence-corrected chi connectivity index (χ3v) is 1.92. The molecule has 0 radical (unpaired) electrons. The Bertz CT molecular complexity index is 403. The van der Waals surface area contributed by atoms with Crippen LogP contribution in [-0.2, 0) is 16.1 Å². The number of esters is 1. The molecule has 94 valence electrons. The number of rotatable bonds is 6. The fourth-order valence-electron chi connectivity index (χ4n) is 1.24. The smallest absolute Gasteiger partial charge is 0.389 e. The maximum atomic E-state index is 11.0. The second-order valence-electron chi connectivity index (χ2n) is 3.32. The number of nitrogens with zero attached hydrogens (tertiary/aromatic N) is 3. The zero-order valence-corrected chi connectivity index (χ0v) is 9.28. The van der Waals surface area contributed by atoms with Crippen molar-refractivity contribution in [3.05, 3.63) is 22.4 Å². The summed E-state index contributed by atoms with van der Waals surface area (Å²) >= 11 is 0. The number of aromatic nitrogens is 2. The summed E-state index contributed by atoms with van der Waals surface area (Å²) in [5.74, 6) is -0.810. The molecular weight excluding hydrogens is 230 g/mol. The lowest BCUT2D eigenvalue weighted by Crippen LogP contribution is -2.21. The van der Waals surface area contributed by atoms with Crippen LogP contribution < -0.4 is 0 Å². The molecule has 1 N–H and O–H groups in total. The highest BCUT2D eigenvalue weighted by Gasteiger charge is 2.16. The van der Waals surface area contributed by atoms with Gasteiger partial charge in [-0.2, -0.15) is 4.68 Å². The molecule has 1 rings (SSSR count). The van der Waals surface area contributed by atoms with E-state index in [1.807, 2.05) is 0 Å². The molecule has 0 spiro atoms. The Kier molecular flexibility index (Phi) is 4.58. The van der Waals surface area contributed by atoms with Gasteiger partial charge in [0, 0.05) is 0 Å². The number of aliphatic hydroxyl groups is 1. The molecule has 1 aromatic rings. The Morgan fingerprint density at radius 3 is 3.00 bits per heavy atom. The number of carbonyl (C=O) groups excluding carboxylic acids is 1. The summed E-state index contributed by atoms with van der Waals surface area (Å²) in [7, 11) is 0. The summed E-state index contributed by atoms with van der Waals surface area (Å²) in [6.45, 7) is 1.92. The SMILES string of the molecule is CCOC(=O)CC(O)Cn1ccc([N+](=O)[O-])n1. The number of hydrogen-bond acceptors (Lipinski definition) is 6. The van der Waals surface area contributed by atoms with E-state index in [0.717, 1.165) is 0 Å².